The average Bonchev–Trinajstić information content (AvgIpc) is 3.04. The SMILES string of the molecule is CC(C)(C)OC(=O)C1C(C(=O)c2ncc[nH]2)CCCN1C(=O)OC(C)(C)C. The van der Waals surface area contributed by atoms with E-state index in [0.29, 0.717) is 19.4 Å². The molecule has 0 aliphatic carbocycles. The predicted octanol–water partition coefficient (Wildman–Crippen LogP) is 2.95. The summed E-state index contributed by atoms with van der Waals surface area (Å²) in [5.74, 6) is -1.51. The standard InChI is InChI=1S/C19H29N3O5/c1-18(2,3)26-16(24)13-12(14(23)15-20-9-10-21-15)8-7-11-22(13)17(25)27-19(4,5)6/h9-10,12-13H,7-8,11H2,1-6H3,(H,20,21). The third-order valence-corrected chi connectivity index (χ3v) is 3.98. The number of H-pyrrole nitrogens is 1. The van der Waals surface area contributed by atoms with Crippen molar-refractivity contribution >= 4 is 17.8 Å². The first-order chi connectivity index (χ1) is 12.4. The van der Waals surface area contributed by atoms with Crippen molar-refractivity contribution < 1.29 is 23.9 Å². The van der Waals surface area contributed by atoms with Gasteiger partial charge in [-0.1, -0.05) is 0 Å². The topological polar surface area (TPSA) is 102 Å². The Morgan fingerprint density at radius 1 is 1.11 bits per heavy atom. The Labute approximate surface area is 159 Å². The fraction of sp³-hybridized carbons (Fsp3) is 0.684. The summed E-state index contributed by atoms with van der Waals surface area (Å²) in [7, 11) is 0. The minimum Gasteiger partial charge on any atom is -0.458 e. The quantitative estimate of drug-likeness (QED) is 0.640. The van der Waals surface area contributed by atoms with Gasteiger partial charge in [0.1, 0.15) is 17.2 Å². The largest absolute Gasteiger partial charge is 0.458 e. The Bertz CT molecular complexity index is 685. The van der Waals surface area contributed by atoms with E-state index in [1.165, 1.54) is 11.1 Å². The molecule has 27 heavy (non-hydrogen) atoms. The minimum atomic E-state index is -1.05. The van der Waals surface area contributed by atoms with E-state index in [1.54, 1.807) is 47.7 Å². The molecule has 2 heterocycles. The van der Waals surface area contributed by atoms with E-state index in [9.17, 15) is 14.4 Å². The Balaban J connectivity index is 2.35. The van der Waals surface area contributed by atoms with Gasteiger partial charge in [-0.3, -0.25) is 9.69 Å². The third-order valence-electron chi connectivity index (χ3n) is 3.98. The van der Waals surface area contributed by atoms with Gasteiger partial charge >= 0.3 is 12.1 Å². The molecule has 1 aliphatic rings. The highest BCUT2D eigenvalue weighted by molar-refractivity contribution is 5.99. The molecule has 0 aromatic carbocycles. The molecular weight excluding hydrogens is 350 g/mol. The maximum atomic E-state index is 12.9. The molecule has 0 radical (unpaired) electrons. The third kappa shape index (κ3) is 5.55. The summed E-state index contributed by atoms with van der Waals surface area (Å²) in [6.07, 6.45) is 3.43. The van der Waals surface area contributed by atoms with Gasteiger partial charge in [0.2, 0.25) is 5.78 Å². The number of carbonyl (C=O) groups excluding carboxylic acids is 3. The zero-order chi connectivity index (χ0) is 20.4. The molecular formula is C19H29N3O5. The molecule has 2 atom stereocenters. The smallest absolute Gasteiger partial charge is 0.411 e. The molecule has 1 aromatic rings. The van der Waals surface area contributed by atoms with Gasteiger partial charge in [0.15, 0.2) is 5.82 Å². The van der Waals surface area contributed by atoms with E-state index in [-0.39, 0.29) is 11.6 Å². The number of rotatable bonds is 3. The summed E-state index contributed by atoms with van der Waals surface area (Å²) >= 11 is 0. The number of carbonyl (C=O) groups is 3. The van der Waals surface area contributed by atoms with Crippen LogP contribution < -0.4 is 0 Å². The number of hydrogen-bond donors (Lipinski definition) is 1. The number of Topliss-reactive ketones (excluding diaryl/α,β-unsaturated/α-hetero) is 1. The molecule has 1 fully saturated rings. The van der Waals surface area contributed by atoms with Crippen LogP contribution in [0.25, 0.3) is 0 Å². The van der Waals surface area contributed by atoms with Crippen molar-refractivity contribution in [2.24, 2.45) is 5.92 Å². The van der Waals surface area contributed by atoms with Crippen molar-refractivity contribution in [2.45, 2.75) is 71.6 Å². The van der Waals surface area contributed by atoms with Crippen LogP contribution in [0, 0.1) is 5.92 Å². The first-order valence-corrected chi connectivity index (χ1v) is 9.15. The van der Waals surface area contributed by atoms with Gasteiger partial charge < -0.3 is 14.5 Å². The van der Waals surface area contributed by atoms with Crippen LogP contribution in [0.4, 0.5) is 4.79 Å². The van der Waals surface area contributed by atoms with Crippen molar-refractivity contribution in [1.29, 1.82) is 0 Å². The van der Waals surface area contributed by atoms with Crippen LogP contribution >= 0.6 is 0 Å². The van der Waals surface area contributed by atoms with E-state index in [2.05, 4.69) is 9.97 Å². The Kier molecular flexibility index (Phi) is 5.97. The van der Waals surface area contributed by atoms with Crippen molar-refractivity contribution in [3.05, 3.63) is 18.2 Å². The molecule has 0 saturated carbocycles. The molecule has 1 aliphatic heterocycles. The summed E-state index contributed by atoms with van der Waals surface area (Å²) in [5.41, 5.74) is -1.46. The molecule has 2 unspecified atom stereocenters. The van der Waals surface area contributed by atoms with E-state index < -0.39 is 35.2 Å². The van der Waals surface area contributed by atoms with Crippen molar-refractivity contribution in [2.75, 3.05) is 6.54 Å². The Morgan fingerprint density at radius 3 is 2.26 bits per heavy atom. The number of aromatic nitrogens is 2. The summed E-state index contributed by atoms with van der Waals surface area (Å²) in [4.78, 5) is 46.6. The van der Waals surface area contributed by atoms with Gasteiger partial charge in [-0.2, -0.15) is 0 Å². The Hall–Kier alpha value is -2.38. The van der Waals surface area contributed by atoms with E-state index in [4.69, 9.17) is 9.47 Å². The second-order valence-corrected chi connectivity index (χ2v) is 8.70. The average molecular weight is 379 g/mol. The number of imidazole rings is 1. The highest BCUT2D eigenvalue weighted by Crippen LogP contribution is 2.30. The molecule has 8 heteroatoms. The van der Waals surface area contributed by atoms with Gasteiger partial charge in [-0.05, 0) is 54.4 Å². The number of ether oxygens (including phenoxy) is 2. The summed E-state index contributed by atoms with van der Waals surface area (Å²) < 4.78 is 11.0. The van der Waals surface area contributed by atoms with Gasteiger partial charge in [0, 0.05) is 18.9 Å². The monoisotopic (exact) mass is 379 g/mol. The summed E-state index contributed by atoms with van der Waals surface area (Å²) in [6.45, 7) is 10.8. The zero-order valence-corrected chi connectivity index (χ0v) is 16.9. The molecule has 1 amide bonds. The summed E-state index contributed by atoms with van der Waals surface area (Å²) in [6, 6.07) is -1.05. The van der Waals surface area contributed by atoms with E-state index >= 15 is 0 Å². The molecule has 0 spiro atoms. The molecule has 1 saturated heterocycles. The zero-order valence-electron chi connectivity index (χ0n) is 16.9. The fourth-order valence-electron chi connectivity index (χ4n) is 3.02. The fourth-order valence-corrected chi connectivity index (χ4v) is 3.02. The number of piperidine rings is 1. The lowest BCUT2D eigenvalue weighted by molar-refractivity contribution is -0.164. The van der Waals surface area contributed by atoms with Crippen LogP contribution in [0.5, 0.6) is 0 Å². The molecule has 2 rings (SSSR count). The van der Waals surface area contributed by atoms with E-state index in [1.807, 2.05) is 0 Å². The van der Waals surface area contributed by atoms with Crippen LogP contribution in [-0.2, 0) is 14.3 Å². The van der Waals surface area contributed by atoms with Gasteiger partial charge in [-0.25, -0.2) is 14.6 Å². The first-order valence-electron chi connectivity index (χ1n) is 9.15. The van der Waals surface area contributed by atoms with Crippen molar-refractivity contribution in [3.8, 4) is 0 Å². The van der Waals surface area contributed by atoms with Crippen LogP contribution in [0.3, 0.4) is 0 Å². The summed E-state index contributed by atoms with van der Waals surface area (Å²) in [5, 5.41) is 0. The number of amides is 1. The maximum Gasteiger partial charge on any atom is 0.411 e. The molecule has 8 nitrogen and oxygen atoms in total. The number of nitrogens with one attached hydrogen (secondary N) is 1. The predicted molar refractivity (Wildman–Crippen MR) is 98.2 cm³/mol. The molecule has 1 N–H and O–H groups in total. The molecule has 0 bridgehead atoms. The van der Waals surface area contributed by atoms with Crippen molar-refractivity contribution in [3.63, 3.8) is 0 Å². The highest BCUT2D eigenvalue weighted by Gasteiger charge is 2.46. The van der Waals surface area contributed by atoms with Gasteiger partial charge in [-0.15, -0.1) is 0 Å². The number of ketones is 1. The second kappa shape index (κ2) is 7.70. The van der Waals surface area contributed by atoms with Gasteiger partial charge in [0.25, 0.3) is 0 Å². The first kappa shape index (κ1) is 20.9. The normalized spacial score (nSPS) is 20.9. The number of esters is 1. The molecule has 150 valence electrons. The Morgan fingerprint density at radius 2 is 1.74 bits per heavy atom. The second-order valence-electron chi connectivity index (χ2n) is 8.70. The van der Waals surface area contributed by atoms with Crippen molar-refractivity contribution in [1.82, 2.24) is 14.9 Å². The molecule has 1 aromatic heterocycles. The maximum absolute atomic E-state index is 12.9. The number of hydrogen-bond acceptors (Lipinski definition) is 6. The number of nitrogens with zero attached hydrogens (tertiary/aromatic N) is 2. The van der Waals surface area contributed by atoms with E-state index in [0.717, 1.165) is 0 Å². The lowest BCUT2D eigenvalue weighted by Crippen LogP contribution is -2.57. The lowest BCUT2D eigenvalue weighted by atomic mass is 9.85. The number of aromatic amines is 1. The van der Waals surface area contributed by atoms with Crippen LogP contribution in [-0.4, -0.2) is 56.5 Å². The van der Waals surface area contributed by atoms with Crippen LogP contribution in [0.15, 0.2) is 12.4 Å². The minimum absolute atomic E-state index is 0.166. The van der Waals surface area contributed by atoms with Gasteiger partial charge in [0.05, 0.1) is 5.92 Å². The number of likely N-dealkylation sites (tertiary alicyclic amines) is 1. The highest BCUT2D eigenvalue weighted by atomic mass is 16.6. The lowest BCUT2D eigenvalue weighted by Gasteiger charge is -2.40. The van der Waals surface area contributed by atoms with Crippen LogP contribution in [0.2, 0.25) is 0 Å². The van der Waals surface area contributed by atoms with Crippen LogP contribution in [0.1, 0.15) is 65.0 Å².